The highest BCUT2D eigenvalue weighted by Gasteiger charge is 2.01. The summed E-state index contributed by atoms with van der Waals surface area (Å²) in [6, 6.07) is 13.4. The van der Waals surface area contributed by atoms with Crippen molar-refractivity contribution in [1.82, 2.24) is 5.32 Å². The van der Waals surface area contributed by atoms with Gasteiger partial charge in [0.1, 0.15) is 5.76 Å². The Bertz CT molecular complexity index is 466. The molecule has 1 aromatic heterocycles. The molecule has 0 bridgehead atoms. The maximum Gasteiger partial charge on any atom is 0.239 e. The Morgan fingerprint density at radius 3 is 2.67 bits per heavy atom. The first-order valence-corrected chi connectivity index (χ1v) is 5.92. The maximum atomic E-state index is 11.5. The van der Waals surface area contributed by atoms with Gasteiger partial charge >= 0.3 is 0 Å². The van der Waals surface area contributed by atoms with Crippen molar-refractivity contribution in [2.75, 3.05) is 18.4 Å². The molecule has 1 aromatic carbocycles. The molecule has 94 valence electrons. The van der Waals surface area contributed by atoms with Gasteiger partial charge in [-0.2, -0.15) is 0 Å². The van der Waals surface area contributed by atoms with Gasteiger partial charge in [-0.15, -0.1) is 0 Å². The van der Waals surface area contributed by atoms with E-state index in [4.69, 9.17) is 4.42 Å². The highest BCUT2D eigenvalue weighted by Crippen LogP contribution is 2.03. The zero-order valence-corrected chi connectivity index (χ0v) is 10.1. The number of furan rings is 1. The minimum atomic E-state index is -0.0228. The fourth-order valence-corrected chi connectivity index (χ4v) is 1.58. The molecule has 2 rings (SSSR count). The average molecular weight is 244 g/mol. The van der Waals surface area contributed by atoms with Gasteiger partial charge in [-0.05, 0) is 24.3 Å². The zero-order valence-electron chi connectivity index (χ0n) is 10.1. The van der Waals surface area contributed by atoms with Crippen molar-refractivity contribution in [3.63, 3.8) is 0 Å². The molecule has 4 heteroatoms. The Hall–Kier alpha value is -2.23. The first-order valence-electron chi connectivity index (χ1n) is 5.92. The Labute approximate surface area is 106 Å². The van der Waals surface area contributed by atoms with Crippen LogP contribution < -0.4 is 10.6 Å². The van der Waals surface area contributed by atoms with Gasteiger partial charge in [0.15, 0.2) is 0 Å². The van der Waals surface area contributed by atoms with Crippen LogP contribution in [-0.4, -0.2) is 19.0 Å². The van der Waals surface area contributed by atoms with Crippen LogP contribution >= 0.6 is 0 Å². The molecule has 0 radical (unpaired) electrons. The van der Waals surface area contributed by atoms with Crippen molar-refractivity contribution in [2.24, 2.45) is 0 Å². The lowest BCUT2D eigenvalue weighted by atomic mass is 10.3. The van der Waals surface area contributed by atoms with E-state index in [1.165, 1.54) is 0 Å². The minimum absolute atomic E-state index is 0.0228. The molecule has 18 heavy (non-hydrogen) atoms. The molecule has 0 spiro atoms. The molecule has 0 atom stereocenters. The van der Waals surface area contributed by atoms with E-state index in [0.29, 0.717) is 13.0 Å². The molecule has 2 aromatic rings. The van der Waals surface area contributed by atoms with Crippen LogP contribution in [-0.2, 0) is 11.2 Å². The van der Waals surface area contributed by atoms with E-state index in [-0.39, 0.29) is 12.5 Å². The van der Waals surface area contributed by atoms with E-state index in [1.807, 2.05) is 42.5 Å². The standard InChI is InChI=1S/C14H16N2O2/c17-14(11-16-12-5-2-1-3-6-12)15-9-8-13-7-4-10-18-13/h1-7,10,16H,8-9,11H2,(H,15,17). The molecule has 2 N–H and O–H groups in total. The average Bonchev–Trinajstić information content (AvgIpc) is 2.91. The predicted octanol–water partition coefficient (Wildman–Crippen LogP) is 2.05. The third-order valence-corrected chi connectivity index (χ3v) is 2.50. The van der Waals surface area contributed by atoms with Gasteiger partial charge in [-0.1, -0.05) is 18.2 Å². The number of benzene rings is 1. The summed E-state index contributed by atoms with van der Waals surface area (Å²) in [5.74, 6) is 0.858. The number of rotatable bonds is 6. The molecule has 0 aliphatic carbocycles. The Balaban J connectivity index is 1.63. The van der Waals surface area contributed by atoms with Gasteiger partial charge in [0.05, 0.1) is 12.8 Å². The largest absolute Gasteiger partial charge is 0.469 e. The summed E-state index contributed by atoms with van der Waals surface area (Å²) in [6.07, 6.45) is 2.35. The second kappa shape index (κ2) is 6.49. The van der Waals surface area contributed by atoms with E-state index < -0.39 is 0 Å². The Morgan fingerprint density at radius 2 is 1.94 bits per heavy atom. The highest BCUT2D eigenvalue weighted by molar-refractivity contribution is 5.80. The van der Waals surface area contributed by atoms with Crippen LogP contribution in [0.15, 0.2) is 53.1 Å². The minimum Gasteiger partial charge on any atom is -0.469 e. The molecule has 4 nitrogen and oxygen atoms in total. The number of carbonyl (C=O) groups excluding carboxylic acids is 1. The van der Waals surface area contributed by atoms with Crippen LogP contribution in [0.2, 0.25) is 0 Å². The highest BCUT2D eigenvalue weighted by atomic mass is 16.3. The zero-order chi connectivity index (χ0) is 12.6. The van der Waals surface area contributed by atoms with Gasteiger partial charge in [0, 0.05) is 18.7 Å². The van der Waals surface area contributed by atoms with Gasteiger partial charge in [-0.3, -0.25) is 4.79 Å². The number of amides is 1. The number of hydrogen-bond acceptors (Lipinski definition) is 3. The maximum absolute atomic E-state index is 11.5. The predicted molar refractivity (Wildman–Crippen MR) is 70.4 cm³/mol. The molecule has 0 unspecified atom stereocenters. The molecular weight excluding hydrogens is 228 g/mol. The smallest absolute Gasteiger partial charge is 0.239 e. The molecule has 0 aliphatic rings. The number of carbonyl (C=O) groups is 1. The lowest BCUT2D eigenvalue weighted by molar-refractivity contribution is -0.119. The van der Waals surface area contributed by atoms with Crippen LogP contribution in [0.25, 0.3) is 0 Å². The van der Waals surface area contributed by atoms with Crippen LogP contribution in [0.5, 0.6) is 0 Å². The van der Waals surface area contributed by atoms with E-state index in [2.05, 4.69) is 10.6 Å². The topological polar surface area (TPSA) is 54.3 Å². The Morgan fingerprint density at radius 1 is 1.11 bits per heavy atom. The van der Waals surface area contributed by atoms with Crippen molar-refractivity contribution in [1.29, 1.82) is 0 Å². The summed E-state index contributed by atoms with van der Waals surface area (Å²) in [6.45, 7) is 0.866. The van der Waals surface area contributed by atoms with E-state index in [9.17, 15) is 4.79 Å². The van der Waals surface area contributed by atoms with Crippen molar-refractivity contribution in [3.8, 4) is 0 Å². The molecule has 0 aliphatic heterocycles. The van der Waals surface area contributed by atoms with Crippen molar-refractivity contribution >= 4 is 11.6 Å². The summed E-state index contributed by atoms with van der Waals surface area (Å²) in [4.78, 5) is 11.5. The van der Waals surface area contributed by atoms with Gasteiger partial charge in [-0.25, -0.2) is 0 Å². The molecule has 0 saturated heterocycles. The normalized spacial score (nSPS) is 10.0. The fraction of sp³-hybridized carbons (Fsp3) is 0.214. The lowest BCUT2D eigenvalue weighted by Gasteiger charge is -2.06. The molecule has 1 heterocycles. The summed E-state index contributed by atoms with van der Waals surface area (Å²) in [7, 11) is 0. The number of para-hydroxylation sites is 1. The summed E-state index contributed by atoms with van der Waals surface area (Å²) >= 11 is 0. The number of hydrogen-bond donors (Lipinski definition) is 2. The summed E-state index contributed by atoms with van der Waals surface area (Å²) in [5.41, 5.74) is 0.943. The second-order valence-corrected chi connectivity index (χ2v) is 3.90. The third kappa shape index (κ3) is 3.97. The van der Waals surface area contributed by atoms with Crippen LogP contribution in [0.3, 0.4) is 0 Å². The summed E-state index contributed by atoms with van der Waals surface area (Å²) < 4.78 is 5.18. The van der Waals surface area contributed by atoms with Crippen molar-refractivity contribution < 1.29 is 9.21 Å². The van der Waals surface area contributed by atoms with Gasteiger partial charge < -0.3 is 15.1 Å². The van der Waals surface area contributed by atoms with Crippen molar-refractivity contribution in [2.45, 2.75) is 6.42 Å². The molecule has 0 saturated carbocycles. The first-order chi connectivity index (χ1) is 8.84. The van der Waals surface area contributed by atoms with Crippen molar-refractivity contribution in [3.05, 3.63) is 54.5 Å². The van der Waals surface area contributed by atoms with E-state index in [0.717, 1.165) is 11.4 Å². The SMILES string of the molecule is O=C(CNc1ccccc1)NCCc1ccco1. The lowest BCUT2D eigenvalue weighted by Crippen LogP contribution is -2.31. The van der Waals surface area contributed by atoms with E-state index in [1.54, 1.807) is 6.26 Å². The quantitative estimate of drug-likeness (QED) is 0.817. The third-order valence-electron chi connectivity index (χ3n) is 2.50. The second-order valence-electron chi connectivity index (χ2n) is 3.90. The Kier molecular flexibility index (Phi) is 4.41. The van der Waals surface area contributed by atoms with Crippen LogP contribution in [0.4, 0.5) is 5.69 Å². The van der Waals surface area contributed by atoms with Gasteiger partial charge in [0.25, 0.3) is 0 Å². The van der Waals surface area contributed by atoms with Crippen LogP contribution in [0, 0.1) is 0 Å². The fourth-order valence-electron chi connectivity index (χ4n) is 1.58. The summed E-state index contributed by atoms with van der Waals surface area (Å²) in [5, 5.41) is 5.88. The molecule has 0 fully saturated rings. The molecular formula is C14H16N2O2. The number of nitrogens with one attached hydrogen (secondary N) is 2. The first kappa shape index (κ1) is 12.2. The van der Waals surface area contributed by atoms with Gasteiger partial charge in [0.2, 0.25) is 5.91 Å². The van der Waals surface area contributed by atoms with Crippen LogP contribution in [0.1, 0.15) is 5.76 Å². The van der Waals surface area contributed by atoms with E-state index >= 15 is 0 Å². The molecule has 1 amide bonds. The number of anilines is 1. The monoisotopic (exact) mass is 244 g/mol.